The van der Waals surface area contributed by atoms with Crippen LogP contribution in [0.5, 0.6) is 0 Å². The molecule has 0 bridgehead atoms. The van der Waals surface area contributed by atoms with Gasteiger partial charge >= 0.3 is 6.03 Å². The van der Waals surface area contributed by atoms with E-state index in [1.165, 1.54) is 0 Å². The summed E-state index contributed by atoms with van der Waals surface area (Å²) in [4.78, 5) is 20.8. The number of rotatable bonds is 2. The molecule has 2 unspecified atom stereocenters. The van der Waals surface area contributed by atoms with Gasteiger partial charge in [0.05, 0.1) is 11.6 Å². The van der Waals surface area contributed by atoms with E-state index in [2.05, 4.69) is 26.7 Å². The zero-order chi connectivity index (χ0) is 22.4. The number of anilines is 2. The van der Waals surface area contributed by atoms with Gasteiger partial charge in [-0.1, -0.05) is 18.2 Å². The van der Waals surface area contributed by atoms with Crippen molar-refractivity contribution in [1.82, 2.24) is 24.6 Å². The third-order valence-electron chi connectivity index (χ3n) is 6.54. The molecule has 1 saturated heterocycles. The highest BCUT2D eigenvalue weighted by molar-refractivity contribution is 6.31. The van der Waals surface area contributed by atoms with Gasteiger partial charge in [0.25, 0.3) is 0 Å². The highest BCUT2D eigenvalue weighted by Gasteiger charge is 2.38. The number of urea groups is 1. The molecule has 9 nitrogen and oxygen atoms in total. The normalized spacial score (nSPS) is 21.5. The van der Waals surface area contributed by atoms with E-state index in [1.807, 2.05) is 28.8 Å². The number of nitrogens with two attached hydrogens (primary N) is 2. The molecule has 2 aromatic heterocycles. The first-order valence-corrected chi connectivity index (χ1v) is 11.0. The Kier molecular flexibility index (Phi) is 5.13. The first-order valence-electron chi connectivity index (χ1n) is 10.7. The van der Waals surface area contributed by atoms with E-state index in [4.69, 9.17) is 23.1 Å². The zero-order valence-corrected chi connectivity index (χ0v) is 18.4. The summed E-state index contributed by atoms with van der Waals surface area (Å²) < 4.78 is 2.03. The van der Waals surface area contributed by atoms with Crippen LogP contribution in [0.15, 0.2) is 37.2 Å². The maximum Gasteiger partial charge on any atom is 0.315 e. The van der Waals surface area contributed by atoms with E-state index >= 15 is 0 Å². The monoisotopic (exact) mass is 452 g/mol. The molecule has 5 rings (SSSR count). The van der Waals surface area contributed by atoms with Gasteiger partial charge in [-0.3, -0.25) is 0 Å². The zero-order valence-electron chi connectivity index (χ0n) is 17.6. The lowest BCUT2D eigenvalue weighted by molar-refractivity contribution is 0.155. The summed E-state index contributed by atoms with van der Waals surface area (Å²) in [7, 11) is 0. The molecule has 1 aromatic carbocycles. The molecule has 2 aliphatic heterocycles. The Bertz CT molecular complexity index is 1200. The average molecular weight is 453 g/mol. The fraction of sp³-hybridized carbons (Fsp3) is 0.364. The van der Waals surface area contributed by atoms with E-state index in [0.717, 1.165) is 47.4 Å². The van der Waals surface area contributed by atoms with Crippen LogP contribution in [0.1, 0.15) is 18.7 Å². The number of piperazine rings is 1. The molecule has 32 heavy (non-hydrogen) atoms. The van der Waals surface area contributed by atoms with Gasteiger partial charge in [0.1, 0.15) is 12.1 Å². The average Bonchev–Trinajstić information content (AvgIpc) is 3.17. The number of fused-ring (bicyclic) bond motifs is 2. The summed E-state index contributed by atoms with van der Waals surface area (Å²) in [5.41, 5.74) is 14.5. The molecule has 0 spiro atoms. The van der Waals surface area contributed by atoms with Crippen molar-refractivity contribution in [2.45, 2.75) is 25.4 Å². The number of aryl methyl sites for hydroxylation is 1. The topological polar surface area (TPSA) is 119 Å². The summed E-state index contributed by atoms with van der Waals surface area (Å²) >= 11 is 6.18. The van der Waals surface area contributed by atoms with Crippen molar-refractivity contribution in [3.63, 3.8) is 0 Å². The van der Waals surface area contributed by atoms with E-state index in [9.17, 15) is 4.79 Å². The van der Waals surface area contributed by atoms with Crippen LogP contribution in [0.2, 0.25) is 5.02 Å². The van der Waals surface area contributed by atoms with Gasteiger partial charge in [-0.2, -0.15) is 0 Å². The number of aromatic nitrogens is 4. The second-order valence-electron chi connectivity index (χ2n) is 8.39. The van der Waals surface area contributed by atoms with Crippen molar-refractivity contribution in [3.8, 4) is 0 Å². The van der Waals surface area contributed by atoms with E-state index < -0.39 is 6.03 Å². The third-order valence-corrected chi connectivity index (χ3v) is 6.78. The van der Waals surface area contributed by atoms with Crippen LogP contribution in [-0.2, 0) is 6.54 Å². The van der Waals surface area contributed by atoms with Gasteiger partial charge < -0.3 is 25.8 Å². The van der Waals surface area contributed by atoms with Crippen LogP contribution in [-0.4, -0.2) is 56.4 Å². The molecule has 4 heterocycles. The first kappa shape index (κ1) is 20.6. The highest BCUT2D eigenvalue weighted by Crippen LogP contribution is 2.37. The Hall–Kier alpha value is -3.33. The maximum atomic E-state index is 12.4. The van der Waals surface area contributed by atoms with Gasteiger partial charge in [0, 0.05) is 54.3 Å². The molecule has 0 radical (unpaired) electrons. The number of hydrogen-bond donors (Lipinski definition) is 2. The molecule has 3 aromatic rings. The summed E-state index contributed by atoms with van der Waals surface area (Å²) in [6, 6.07) is 6.94. The Morgan fingerprint density at radius 2 is 2.06 bits per heavy atom. The van der Waals surface area contributed by atoms with Crippen molar-refractivity contribution < 1.29 is 4.79 Å². The van der Waals surface area contributed by atoms with Crippen LogP contribution >= 0.6 is 11.6 Å². The molecule has 0 aliphatic carbocycles. The minimum absolute atomic E-state index is 0.0237. The Morgan fingerprint density at radius 3 is 2.88 bits per heavy atom. The minimum atomic E-state index is -0.418. The van der Waals surface area contributed by atoms with Crippen LogP contribution in [0.3, 0.4) is 0 Å². The quantitative estimate of drug-likeness (QED) is 0.617. The summed E-state index contributed by atoms with van der Waals surface area (Å²) in [6.07, 6.45) is 3.57. The van der Waals surface area contributed by atoms with Crippen molar-refractivity contribution in [2.75, 3.05) is 30.3 Å². The largest absolute Gasteiger partial charge is 0.384 e. The lowest BCUT2D eigenvalue weighted by Gasteiger charge is -2.45. The van der Waals surface area contributed by atoms with E-state index in [0.29, 0.717) is 30.5 Å². The number of nitrogen functional groups attached to an aromatic ring is 1. The lowest BCUT2D eigenvalue weighted by Crippen LogP contribution is -2.59. The Morgan fingerprint density at radius 1 is 1.22 bits per heavy atom. The number of pyridine rings is 1. The molecule has 0 saturated carbocycles. The van der Waals surface area contributed by atoms with Crippen molar-refractivity contribution in [2.24, 2.45) is 11.7 Å². The van der Waals surface area contributed by atoms with Crippen LogP contribution in [0.4, 0.5) is 16.3 Å². The molecule has 2 amide bonds. The smallest absolute Gasteiger partial charge is 0.315 e. The Labute approximate surface area is 190 Å². The third kappa shape index (κ3) is 3.52. The fourth-order valence-corrected chi connectivity index (χ4v) is 5.19. The second kappa shape index (κ2) is 7.98. The van der Waals surface area contributed by atoms with Crippen LogP contribution in [0.25, 0.3) is 16.5 Å². The van der Waals surface area contributed by atoms with Crippen molar-refractivity contribution in [1.29, 1.82) is 0 Å². The summed E-state index contributed by atoms with van der Waals surface area (Å²) in [6.45, 7) is 6.92. The SMILES string of the molecule is C=C1c2nncn2CCCC1C1CN(c2cc(N)nc3cc(Cl)ccc23)CCN1C(N)=O. The molecule has 10 heteroatoms. The van der Waals surface area contributed by atoms with Gasteiger partial charge in [0.2, 0.25) is 0 Å². The molecular formula is C22H25ClN8O. The number of hydrogen-bond acceptors (Lipinski definition) is 6. The number of benzene rings is 1. The number of halogens is 1. The van der Waals surface area contributed by atoms with Gasteiger partial charge in [0.15, 0.2) is 5.82 Å². The highest BCUT2D eigenvalue weighted by atomic mass is 35.5. The van der Waals surface area contributed by atoms with Gasteiger partial charge in [-0.05, 0) is 36.6 Å². The maximum absolute atomic E-state index is 12.4. The number of primary amides is 1. The van der Waals surface area contributed by atoms with Gasteiger partial charge in [-0.25, -0.2) is 9.78 Å². The molecule has 2 aliphatic rings. The van der Waals surface area contributed by atoms with E-state index in [-0.39, 0.29) is 12.0 Å². The minimum Gasteiger partial charge on any atom is -0.384 e. The molecule has 1 fully saturated rings. The molecule has 4 N–H and O–H groups in total. The number of nitrogens with zero attached hydrogens (tertiary/aromatic N) is 6. The Balaban J connectivity index is 1.53. The predicted octanol–water partition coefficient (Wildman–Crippen LogP) is 2.75. The molecule has 2 atom stereocenters. The number of carbonyl (C=O) groups is 1. The van der Waals surface area contributed by atoms with Crippen LogP contribution < -0.4 is 16.4 Å². The molecule has 166 valence electrons. The summed E-state index contributed by atoms with van der Waals surface area (Å²) in [5, 5.41) is 9.90. The van der Waals surface area contributed by atoms with Gasteiger partial charge in [-0.15, -0.1) is 10.2 Å². The first-order chi connectivity index (χ1) is 15.4. The predicted molar refractivity (Wildman–Crippen MR) is 125 cm³/mol. The number of carbonyl (C=O) groups excluding carboxylic acids is 1. The second-order valence-corrected chi connectivity index (χ2v) is 8.83. The summed E-state index contributed by atoms with van der Waals surface area (Å²) in [5.74, 6) is 1.23. The molecular weight excluding hydrogens is 428 g/mol. The van der Waals surface area contributed by atoms with Crippen LogP contribution in [0, 0.1) is 5.92 Å². The van der Waals surface area contributed by atoms with Crippen molar-refractivity contribution >= 4 is 45.6 Å². The van der Waals surface area contributed by atoms with E-state index in [1.54, 1.807) is 11.2 Å². The fourth-order valence-electron chi connectivity index (χ4n) is 5.03. The number of amides is 2. The van der Waals surface area contributed by atoms with Crippen molar-refractivity contribution in [3.05, 3.63) is 48.0 Å². The standard InChI is InChI=1S/C22H25ClN8O/c1-13-15(3-2-6-30-12-26-28-21(13)30)19-11-29(7-8-31(19)22(25)32)18-10-20(24)27-17-9-14(23)4-5-16(17)18/h4-5,9-10,12,15,19H,1-3,6-8,11H2,(H2,24,27)(H2,25,32). The lowest BCUT2D eigenvalue weighted by atomic mass is 9.85.